The molecule has 0 bridgehead atoms. The number of H-pyrrole nitrogens is 1. The molecule has 7 nitrogen and oxygen atoms in total. The van der Waals surface area contributed by atoms with Crippen LogP contribution in [0.3, 0.4) is 0 Å². The summed E-state index contributed by atoms with van der Waals surface area (Å²) in [6, 6.07) is 12.8. The number of halogens is 1. The Morgan fingerprint density at radius 2 is 2.00 bits per heavy atom. The zero-order chi connectivity index (χ0) is 17.6. The maximum Gasteiger partial charge on any atom is 0.258 e. The van der Waals surface area contributed by atoms with Crippen LogP contribution in [0.4, 0.5) is 5.95 Å². The zero-order valence-corrected chi connectivity index (χ0v) is 14.9. The third kappa shape index (κ3) is 4.36. The molecule has 1 heterocycles. The molecular weight excluding hydrogens is 388 g/mol. The van der Waals surface area contributed by atoms with Gasteiger partial charge in [-0.1, -0.05) is 28.1 Å². The van der Waals surface area contributed by atoms with Crippen LogP contribution in [0.15, 0.2) is 53.3 Å². The van der Waals surface area contributed by atoms with Crippen LogP contribution in [-0.4, -0.2) is 28.2 Å². The molecule has 2 N–H and O–H groups in total. The number of benzene rings is 2. The average Bonchev–Trinajstić information content (AvgIpc) is 3.14. The number of aromatic nitrogens is 3. The summed E-state index contributed by atoms with van der Waals surface area (Å²) >= 11 is 3.40. The summed E-state index contributed by atoms with van der Waals surface area (Å²) in [6.07, 6.45) is 1.31. The van der Waals surface area contributed by atoms with E-state index >= 15 is 0 Å². The van der Waals surface area contributed by atoms with Crippen LogP contribution in [0.25, 0.3) is 0 Å². The maximum absolute atomic E-state index is 12.2. The van der Waals surface area contributed by atoms with Crippen LogP contribution in [0.5, 0.6) is 11.5 Å². The fourth-order valence-corrected chi connectivity index (χ4v) is 2.38. The predicted octanol–water partition coefficient (Wildman–Crippen LogP) is 3.41. The second-order valence-electron chi connectivity index (χ2n) is 5.07. The molecule has 128 valence electrons. The summed E-state index contributed by atoms with van der Waals surface area (Å²) in [4.78, 5) is 16.1. The molecule has 0 aliphatic heterocycles. The van der Waals surface area contributed by atoms with E-state index in [4.69, 9.17) is 9.47 Å². The van der Waals surface area contributed by atoms with Gasteiger partial charge in [-0.05, 0) is 35.9 Å². The van der Waals surface area contributed by atoms with Crippen molar-refractivity contribution in [2.45, 2.75) is 6.61 Å². The van der Waals surface area contributed by atoms with Crippen LogP contribution in [-0.2, 0) is 6.61 Å². The molecule has 0 radical (unpaired) electrons. The number of nitrogens with one attached hydrogen (secondary N) is 2. The number of anilines is 1. The van der Waals surface area contributed by atoms with Gasteiger partial charge in [-0.15, -0.1) is 0 Å². The Balaban J connectivity index is 1.70. The first-order chi connectivity index (χ1) is 12.2. The number of ether oxygens (including phenoxy) is 2. The first-order valence-corrected chi connectivity index (χ1v) is 8.17. The summed E-state index contributed by atoms with van der Waals surface area (Å²) in [5.41, 5.74) is 1.45. The predicted molar refractivity (Wildman–Crippen MR) is 95.8 cm³/mol. The molecule has 0 saturated carbocycles. The van der Waals surface area contributed by atoms with E-state index in [9.17, 15) is 4.79 Å². The van der Waals surface area contributed by atoms with Crippen molar-refractivity contribution in [2.75, 3.05) is 12.4 Å². The van der Waals surface area contributed by atoms with Crippen molar-refractivity contribution < 1.29 is 14.3 Å². The Hall–Kier alpha value is -2.87. The van der Waals surface area contributed by atoms with Gasteiger partial charge in [0.05, 0.1) is 7.11 Å². The Morgan fingerprint density at radius 3 is 2.68 bits per heavy atom. The molecule has 1 amide bonds. The van der Waals surface area contributed by atoms with E-state index in [1.807, 2.05) is 24.3 Å². The van der Waals surface area contributed by atoms with E-state index in [2.05, 4.69) is 36.4 Å². The molecule has 2 aromatic carbocycles. The van der Waals surface area contributed by atoms with Crippen LogP contribution < -0.4 is 14.8 Å². The Labute approximate surface area is 152 Å². The van der Waals surface area contributed by atoms with Gasteiger partial charge in [0.1, 0.15) is 12.9 Å². The number of carbonyl (C=O) groups is 1. The standard InChI is InChI=1S/C17H15BrN4O3/c1-24-15-8-12(16(23)21-17-19-10-20-22-17)4-7-14(15)25-9-11-2-5-13(18)6-3-11/h2-8,10H,9H2,1H3,(H2,19,20,21,22,23). The Kier molecular flexibility index (Phi) is 5.30. The molecule has 0 aliphatic carbocycles. The van der Waals surface area contributed by atoms with Gasteiger partial charge in [0.2, 0.25) is 5.95 Å². The molecule has 3 rings (SSSR count). The van der Waals surface area contributed by atoms with Crippen molar-refractivity contribution in [1.29, 1.82) is 0 Å². The molecule has 3 aromatic rings. The zero-order valence-electron chi connectivity index (χ0n) is 13.3. The normalized spacial score (nSPS) is 10.3. The minimum Gasteiger partial charge on any atom is -0.493 e. The lowest BCUT2D eigenvalue weighted by Gasteiger charge is -2.12. The summed E-state index contributed by atoms with van der Waals surface area (Å²) in [6.45, 7) is 0.396. The second kappa shape index (κ2) is 7.80. The highest BCUT2D eigenvalue weighted by atomic mass is 79.9. The second-order valence-corrected chi connectivity index (χ2v) is 5.98. The van der Waals surface area contributed by atoms with E-state index in [1.165, 1.54) is 13.4 Å². The molecule has 0 aliphatic rings. The third-order valence-electron chi connectivity index (χ3n) is 3.38. The third-order valence-corrected chi connectivity index (χ3v) is 3.91. The molecule has 1 aromatic heterocycles. The lowest BCUT2D eigenvalue weighted by Crippen LogP contribution is -2.13. The smallest absolute Gasteiger partial charge is 0.258 e. The maximum atomic E-state index is 12.2. The number of aromatic amines is 1. The van der Waals surface area contributed by atoms with Crippen LogP contribution in [0, 0.1) is 0 Å². The van der Waals surface area contributed by atoms with Gasteiger partial charge in [-0.2, -0.15) is 10.1 Å². The summed E-state index contributed by atoms with van der Waals surface area (Å²) < 4.78 is 12.1. The van der Waals surface area contributed by atoms with E-state index in [0.29, 0.717) is 23.7 Å². The van der Waals surface area contributed by atoms with Crippen LogP contribution in [0.1, 0.15) is 15.9 Å². The molecule has 25 heavy (non-hydrogen) atoms. The minimum atomic E-state index is -0.325. The Morgan fingerprint density at radius 1 is 1.20 bits per heavy atom. The van der Waals surface area contributed by atoms with Gasteiger partial charge < -0.3 is 9.47 Å². The highest BCUT2D eigenvalue weighted by Gasteiger charge is 2.12. The van der Waals surface area contributed by atoms with Gasteiger partial charge >= 0.3 is 0 Å². The molecule has 0 saturated heterocycles. The topological polar surface area (TPSA) is 89.1 Å². The molecular formula is C17H15BrN4O3. The van der Waals surface area contributed by atoms with Gasteiger partial charge in [-0.25, -0.2) is 5.10 Å². The fourth-order valence-electron chi connectivity index (χ4n) is 2.12. The van der Waals surface area contributed by atoms with E-state index in [1.54, 1.807) is 18.2 Å². The number of amides is 1. The molecule has 0 fully saturated rings. The van der Waals surface area contributed by atoms with Gasteiger partial charge in [0.15, 0.2) is 11.5 Å². The molecule has 0 unspecified atom stereocenters. The molecule has 0 atom stereocenters. The first kappa shape index (κ1) is 17.0. The SMILES string of the molecule is COc1cc(C(=O)Nc2ncn[nH]2)ccc1OCc1ccc(Br)cc1. The van der Waals surface area contributed by atoms with Crippen molar-refractivity contribution in [3.05, 3.63) is 64.4 Å². The number of rotatable bonds is 6. The lowest BCUT2D eigenvalue weighted by atomic mass is 10.2. The number of hydrogen-bond acceptors (Lipinski definition) is 5. The highest BCUT2D eigenvalue weighted by molar-refractivity contribution is 9.10. The monoisotopic (exact) mass is 402 g/mol. The highest BCUT2D eigenvalue weighted by Crippen LogP contribution is 2.29. The van der Waals surface area contributed by atoms with Crippen molar-refractivity contribution in [3.63, 3.8) is 0 Å². The number of nitrogens with zero attached hydrogens (tertiary/aromatic N) is 2. The minimum absolute atomic E-state index is 0.277. The summed E-state index contributed by atoms with van der Waals surface area (Å²) in [5.74, 6) is 0.984. The van der Waals surface area contributed by atoms with Crippen molar-refractivity contribution in [2.24, 2.45) is 0 Å². The largest absolute Gasteiger partial charge is 0.493 e. The molecule has 8 heteroatoms. The van der Waals surface area contributed by atoms with Crippen LogP contribution >= 0.6 is 15.9 Å². The number of carbonyl (C=O) groups excluding carboxylic acids is 1. The lowest BCUT2D eigenvalue weighted by molar-refractivity contribution is 0.102. The summed E-state index contributed by atoms with van der Waals surface area (Å²) in [7, 11) is 1.53. The fraction of sp³-hybridized carbons (Fsp3) is 0.118. The van der Waals surface area contributed by atoms with E-state index in [0.717, 1.165) is 10.0 Å². The Bertz CT molecular complexity index is 851. The van der Waals surface area contributed by atoms with E-state index < -0.39 is 0 Å². The first-order valence-electron chi connectivity index (χ1n) is 7.37. The summed E-state index contributed by atoms with van der Waals surface area (Å²) in [5, 5.41) is 8.85. The quantitative estimate of drug-likeness (QED) is 0.659. The average molecular weight is 403 g/mol. The van der Waals surface area contributed by atoms with Gasteiger partial charge in [0, 0.05) is 10.0 Å². The van der Waals surface area contributed by atoms with Gasteiger partial charge in [-0.3, -0.25) is 10.1 Å². The number of hydrogen-bond donors (Lipinski definition) is 2. The number of methoxy groups -OCH3 is 1. The molecule has 0 spiro atoms. The van der Waals surface area contributed by atoms with Crippen molar-refractivity contribution in [3.8, 4) is 11.5 Å². The van der Waals surface area contributed by atoms with E-state index in [-0.39, 0.29) is 11.9 Å². The van der Waals surface area contributed by atoms with Crippen molar-refractivity contribution in [1.82, 2.24) is 15.2 Å². The van der Waals surface area contributed by atoms with Gasteiger partial charge in [0.25, 0.3) is 5.91 Å². The van der Waals surface area contributed by atoms with Crippen LogP contribution in [0.2, 0.25) is 0 Å². The van der Waals surface area contributed by atoms with Crippen molar-refractivity contribution >= 4 is 27.8 Å².